The molecule has 0 atom stereocenters. The molecule has 0 aliphatic carbocycles. The third-order valence-electron chi connectivity index (χ3n) is 5.02. The van der Waals surface area contributed by atoms with E-state index >= 15 is 0 Å². The van der Waals surface area contributed by atoms with Crippen LogP contribution in [0.15, 0.2) is 72.3 Å². The first-order valence-electron chi connectivity index (χ1n) is 9.43. The predicted molar refractivity (Wildman–Crippen MR) is 112 cm³/mol. The van der Waals surface area contributed by atoms with E-state index in [2.05, 4.69) is 5.32 Å². The zero-order valence-electron chi connectivity index (χ0n) is 16.7. The SMILES string of the molecule is CNC1=C(c2cccc(C(F)(F)F)c2)C(=O)C(=Cc2cccc3c(OC)cccc23)O1. The Morgan fingerprint density at radius 1 is 1.00 bits per heavy atom. The quantitative estimate of drug-likeness (QED) is 0.569. The van der Waals surface area contributed by atoms with Crippen molar-refractivity contribution < 1.29 is 27.4 Å². The van der Waals surface area contributed by atoms with Gasteiger partial charge in [-0.15, -0.1) is 0 Å². The normalized spacial score (nSPS) is 15.5. The molecule has 0 saturated heterocycles. The number of hydrogen-bond donors (Lipinski definition) is 1. The molecule has 0 amide bonds. The van der Waals surface area contributed by atoms with Crippen molar-refractivity contribution in [2.75, 3.05) is 14.2 Å². The minimum Gasteiger partial charge on any atom is -0.496 e. The Bertz CT molecular complexity index is 1240. The summed E-state index contributed by atoms with van der Waals surface area (Å²) in [5.74, 6) is 0.319. The van der Waals surface area contributed by atoms with E-state index in [1.54, 1.807) is 20.2 Å². The summed E-state index contributed by atoms with van der Waals surface area (Å²) in [5.41, 5.74) is 0.0738. The van der Waals surface area contributed by atoms with Crippen LogP contribution in [0.25, 0.3) is 22.4 Å². The molecule has 0 saturated carbocycles. The van der Waals surface area contributed by atoms with Gasteiger partial charge in [0.2, 0.25) is 11.7 Å². The maximum atomic E-state index is 13.1. The number of fused-ring (bicyclic) bond motifs is 1. The molecule has 0 radical (unpaired) electrons. The molecule has 1 aliphatic heterocycles. The highest BCUT2D eigenvalue weighted by Crippen LogP contribution is 2.36. The predicted octanol–water partition coefficient (Wildman–Crippen LogP) is 5.40. The topological polar surface area (TPSA) is 47.6 Å². The lowest BCUT2D eigenvalue weighted by molar-refractivity contribution is -0.137. The minimum absolute atomic E-state index is 0.0204. The van der Waals surface area contributed by atoms with Crippen LogP contribution in [0.3, 0.4) is 0 Å². The van der Waals surface area contributed by atoms with E-state index in [9.17, 15) is 18.0 Å². The number of rotatable bonds is 4. The molecule has 0 unspecified atom stereocenters. The number of ether oxygens (including phenoxy) is 2. The van der Waals surface area contributed by atoms with Gasteiger partial charge in [0.05, 0.1) is 18.2 Å². The first-order valence-corrected chi connectivity index (χ1v) is 9.43. The van der Waals surface area contributed by atoms with Gasteiger partial charge in [0.1, 0.15) is 5.75 Å². The molecule has 3 aromatic rings. The summed E-state index contributed by atoms with van der Waals surface area (Å²) in [6.07, 6.45) is -2.93. The molecule has 158 valence electrons. The van der Waals surface area contributed by atoms with Gasteiger partial charge in [0.25, 0.3) is 0 Å². The second kappa shape index (κ2) is 7.83. The van der Waals surface area contributed by atoms with E-state index in [0.717, 1.165) is 28.5 Å². The van der Waals surface area contributed by atoms with Crippen LogP contribution in [0, 0.1) is 0 Å². The Kier molecular flexibility index (Phi) is 5.19. The largest absolute Gasteiger partial charge is 0.496 e. The van der Waals surface area contributed by atoms with Crippen molar-refractivity contribution in [1.82, 2.24) is 5.32 Å². The number of methoxy groups -OCH3 is 1. The Morgan fingerprint density at radius 2 is 1.71 bits per heavy atom. The van der Waals surface area contributed by atoms with Gasteiger partial charge in [-0.2, -0.15) is 13.2 Å². The highest BCUT2D eigenvalue weighted by atomic mass is 19.4. The summed E-state index contributed by atoms with van der Waals surface area (Å²) in [6, 6.07) is 15.8. The Labute approximate surface area is 176 Å². The Balaban J connectivity index is 1.77. The van der Waals surface area contributed by atoms with Gasteiger partial charge in [-0.05, 0) is 40.8 Å². The van der Waals surface area contributed by atoms with Gasteiger partial charge in [-0.3, -0.25) is 4.79 Å². The fourth-order valence-corrected chi connectivity index (χ4v) is 3.57. The summed E-state index contributed by atoms with van der Waals surface area (Å²) in [4.78, 5) is 13.1. The van der Waals surface area contributed by atoms with Crippen molar-refractivity contribution in [3.05, 3.63) is 89.0 Å². The maximum absolute atomic E-state index is 13.1. The number of halogens is 3. The molecule has 0 aromatic heterocycles. The summed E-state index contributed by atoms with van der Waals surface area (Å²) >= 11 is 0. The fraction of sp³-hybridized carbons (Fsp3) is 0.125. The number of carbonyl (C=O) groups excluding carboxylic acids is 1. The summed E-state index contributed by atoms with van der Waals surface area (Å²) in [7, 11) is 3.12. The van der Waals surface area contributed by atoms with Crippen LogP contribution < -0.4 is 10.1 Å². The number of Topliss-reactive ketones (excluding diaryl/α,β-unsaturated/α-hetero) is 1. The van der Waals surface area contributed by atoms with Crippen molar-refractivity contribution in [2.24, 2.45) is 0 Å². The average Bonchev–Trinajstić information content (AvgIpc) is 3.08. The van der Waals surface area contributed by atoms with Crippen LogP contribution in [0.1, 0.15) is 16.7 Å². The van der Waals surface area contributed by atoms with Crippen molar-refractivity contribution in [2.45, 2.75) is 6.18 Å². The van der Waals surface area contributed by atoms with E-state index in [0.29, 0.717) is 5.75 Å². The lowest BCUT2D eigenvalue weighted by Gasteiger charge is -2.09. The molecular weight excluding hydrogens is 407 g/mol. The van der Waals surface area contributed by atoms with E-state index in [1.165, 1.54) is 12.1 Å². The molecule has 3 aromatic carbocycles. The Morgan fingerprint density at radius 3 is 2.42 bits per heavy atom. The number of carbonyl (C=O) groups is 1. The lowest BCUT2D eigenvalue weighted by Crippen LogP contribution is -2.09. The number of allylic oxidation sites excluding steroid dienone is 1. The second-order valence-electron chi connectivity index (χ2n) is 6.88. The van der Waals surface area contributed by atoms with Crippen molar-refractivity contribution in [1.29, 1.82) is 0 Å². The molecule has 4 rings (SSSR count). The van der Waals surface area contributed by atoms with Gasteiger partial charge in [-0.1, -0.05) is 42.5 Å². The van der Waals surface area contributed by atoms with Crippen molar-refractivity contribution in [3.63, 3.8) is 0 Å². The summed E-state index contributed by atoms with van der Waals surface area (Å²) in [5, 5.41) is 4.48. The standard InChI is InChI=1S/C24H18F3NO3/c1-28-23-21(15-7-3-8-16(12-15)24(25,26)27)22(29)20(31-23)13-14-6-4-10-18-17(14)9-5-11-19(18)30-2/h3-13,28H,1-2H3. The Hall–Kier alpha value is -3.74. The highest BCUT2D eigenvalue weighted by Gasteiger charge is 2.34. The van der Waals surface area contributed by atoms with Crippen LogP contribution in [-0.2, 0) is 15.7 Å². The average molecular weight is 425 g/mol. The third kappa shape index (κ3) is 3.74. The number of nitrogens with one attached hydrogen (secondary N) is 1. The number of benzene rings is 3. The number of alkyl halides is 3. The zero-order chi connectivity index (χ0) is 22.2. The van der Waals surface area contributed by atoms with E-state index < -0.39 is 17.5 Å². The second-order valence-corrected chi connectivity index (χ2v) is 6.88. The smallest absolute Gasteiger partial charge is 0.416 e. The molecule has 1 N–H and O–H groups in total. The molecule has 1 heterocycles. The van der Waals surface area contributed by atoms with Gasteiger partial charge in [0, 0.05) is 12.4 Å². The van der Waals surface area contributed by atoms with Gasteiger partial charge < -0.3 is 14.8 Å². The molecule has 7 heteroatoms. The van der Waals surface area contributed by atoms with E-state index in [4.69, 9.17) is 9.47 Å². The van der Waals surface area contributed by atoms with Crippen LogP contribution in [0.4, 0.5) is 13.2 Å². The molecule has 4 nitrogen and oxygen atoms in total. The molecular formula is C24H18F3NO3. The molecule has 0 fully saturated rings. The van der Waals surface area contributed by atoms with Gasteiger partial charge >= 0.3 is 6.18 Å². The van der Waals surface area contributed by atoms with Gasteiger partial charge in [-0.25, -0.2) is 0 Å². The van der Waals surface area contributed by atoms with Crippen LogP contribution in [-0.4, -0.2) is 19.9 Å². The maximum Gasteiger partial charge on any atom is 0.416 e. The first-order chi connectivity index (χ1) is 14.8. The lowest BCUT2D eigenvalue weighted by atomic mass is 9.98. The molecule has 31 heavy (non-hydrogen) atoms. The number of ketones is 1. The highest BCUT2D eigenvalue weighted by molar-refractivity contribution is 6.31. The molecule has 0 spiro atoms. The summed E-state index contributed by atoms with van der Waals surface area (Å²) < 4.78 is 50.5. The van der Waals surface area contributed by atoms with E-state index in [1.807, 2.05) is 36.4 Å². The van der Waals surface area contributed by atoms with Gasteiger partial charge in [0.15, 0.2) is 5.76 Å². The summed E-state index contributed by atoms with van der Waals surface area (Å²) in [6.45, 7) is 0. The monoisotopic (exact) mass is 425 g/mol. The fourth-order valence-electron chi connectivity index (χ4n) is 3.57. The third-order valence-corrected chi connectivity index (χ3v) is 5.02. The van der Waals surface area contributed by atoms with Crippen molar-refractivity contribution in [3.8, 4) is 5.75 Å². The van der Waals surface area contributed by atoms with Crippen molar-refractivity contribution >= 4 is 28.2 Å². The minimum atomic E-state index is -4.51. The van der Waals surface area contributed by atoms with Crippen LogP contribution >= 0.6 is 0 Å². The zero-order valence-corrected chi connectivity index (χ0v) is 16.7. The van der Waals surface area contributed by atoms with Crippen LogP contribution in [0.5, 0.6) is 5.75 Å². The number of hydrogen-bond acceptors (Lipinski definition) is 4. The van der Waals surface area contributed by atoms with Crippen LogP contribution in [0.2, 0.25) is 0 Å². The van der Waals surface area contributed by atoms with E-state index in [-0.39, 0.29) is 22.8 Å². The first kappa shape index (κ1) is 20.5. The molecule has 1 aliphatic rings. The molecule has 0 bridgehead atoms.